The van der Waals surface area contributed by atoms with E-state index in [2.05, 4.69) is 49.8 Å². The standard InChI is InChI=1S/C23H23N5O3S/c1-29-21-11-20(28-9-8-16-4-2-3-5-17(16)13-28)25-22(26-21)27-23(32)24-12-15-6-7-18-19(10-15)31-14-30-18/h2-7,10-11H,8-9,12-14H2,1H3,(H2,24,25,26,27,32). The molecular weight excluding hydrogens is 426 g/mol. The average molecular weight is 450 g/mol. The van der Waals surface area contributed by atoms with Crippen LogP contribution in [0.2, 0.25) is 0 Å². The number of fused-ring (bicyclic) bond motifs is 2. The second kappa shape index (κ2) is 8.88. The molecule has 8 nitrogen and oxygen atoms in total. The number of benzene rings is 2. The predicted octanol–water partition coefficient (Wildman–Crippen LogP) is 3.26. The van der Waals surface area contributed by atoms with Gasteiger partial charge in [0, 0.05) is 25.7 Å². The number of methoxy groups -OCH3 is 1. The maximum absolute atomic E-state index is 5.45. The lowest BCUT2D eigenvalue weighted by molar-refractivity contribution is 0.174. The van der Waals surface area contributed by atoms with Gasteiger partial charge in [0.15, 0.2) is 16.6 Å². The first-order valence-corrected chi connectivity index (χ1v) is 10.8. The van der Waals surface area contributed by atoms with E-state index in [1.165, 1.54) is 11.1 Å². The summed E-state index contributed by atoms with van der Waals surface area (Å²) in [5, 5.41) is 6.67. The molecule has 2 aliphatic heterocycles. The third kappa shape index (κ3) is 4.38. The van der Waals surface area contributed by atoms with Crippen LogP contribution in [-0.4, -0.2) is 35.5 Å². The van der Waals surface area contributed by atoms with Crippen molar-refractivity contribution in [1.82, 2.24) is 15.3 Å². The smallest absolute Gasteiger partial charge is 0.234 e. The van der Waals surface area contributed by atoms with Gasteiger partial charge < -0.3 is 29.7 Å². The first kappa shape index (κ1) is 20.3. The fraction of sp³-hybridized carbons (Fsp3) is 0.261. The van der Waals surface area contributed by atoms with Crippen molar-refractivity contribution in [3.8, 4) is 17.4 Å². The summed E-state index contributed by atoms with van der Waals surface area (Å²) in [6.07, 6.45) is 0.973. The van der Waals surface area contributed by atoms with E-state index in [4.69, 9.17) is 26.4 Å². The second-order valence-electron chi connectivity index (χ2n) is 7.53. The maximum Gasteiger partial charge on any atom is 0.234 e. The van der Waals surface area contributed by atoms with Crippen LogP contribution in [0.5, 0.6) is 17.4 Å². The molecule has 32 heavy (non-hydrogen) atoms. The van der Waals surface area contributed by atoms with Crippen molar-refractivity contribution in [3.05, 3.63) is 65.2 Å². The van der Waals surface area contributed by atoms with Gasteiger partial charge in [-0.3, -0.25) is 0 Å². The number of ether oxygens (including phenoxy) is 3. The monoisotopic (exact) mass is 449 g/mol. The summed E-state index contributed by atoms with van der Waals surface area (Å²) in [6, 6.07) is 16.1. The molecule has 1 aromatic heterocycles. The molecule has 0 atom stereocenters. The van der Waals surface area contributed by atoms with E-state index in [9.17, 15) is 0 Å². The zero-order chi connectivity index (χ0) is 21.9. The summed E-state index contributed by atoms with van der Waals surface area (Å²) in [5.74, 6) is 3.17. The number of nitrogens with one attached hydrogen (secondary N) is 2. The van der Waals surface area contributed by atoms with Gasteiger partial charge in [-0.1, -0.05) is 30.3 Å². The van der Waals surface area contributed by atoms with Gasteiger partial charge in [0.25, 0.3) is 0 Å². The van der Waals surface area contributed by atoms with E-state index in [-0.39, 0.29) is 6.79 Å². The first-order chi connectivity index (χ1) is 15.7. The van der Waals surface area contributed by atoms with Crippen molar-refractivity contribution in [3.63, 3.8) is 0 Å². The number of anilines is 2. The van der Waals surface area contributed by atoms with Gasteiger partial charge in [0.2, 0.25) is 18.6 Å². The largest absolute Gasteiger partial charge is 0.481 e. The lowest BCUT2D eigenvalue weighted by Gasteiger charge is -2.30. The molecule has 0 spiro atoms. The van der Waals surface area contributed by atoms with Crippen LogP contribution in [0.15, 0.2) is 48.5 Å². The molecule has 2 aliphatic rings. The Morgan fingerprint density at radius 1 is 1.09 bits per heavy atom. The lowest BCUT2D eigenvalue weighted by atomic mass is 10.00. The molecule has 0 radical (unpaired) electrons. The summed E-state index contributed by atoms with van der Waals surface area (Å²) in [4.78, 5) is 11.3. The minimum Gasteiger partial charge on any atom is -0.481 e. The van der Waals surface area contributed by atoms with Crippen LogP contribution in [-0.2, 0) is 19.5 Å². The van der Waals surface area contributed by atoms with Crippen molar-refractivity contribution >= 4 is 29.1 Å². The van der Waals surface area contributed by atoms with Crippen LogP contribution in [0.4, 0.5) is 11.8 Å². The Hall–Kier alpha value is -3.59. The van der Waals surface area contributed by atoms with Crippen LogP contribution in [0.3, 0.4) is 0 Å². The molecule has 0 bridgehead atoms. The summed E-state index contributed by atoms with van der Waals surface area (Å²) >= 11 is 5.45. The highest BCUT2D eigenvalue weighted by molar-refractivity contribution is 7.80. The molecular formula is C23H23N5O3S. The number of rotatable bonds is 5. The van der Waals surface area contributed by atoms with Crippen molar-refractivity contribution in [2.75, 3.05) is 30.7 Å². The highest BCUT2D eigenvalue weighted by Crippen LogP contribution is 2.32. The third-order valence-corrected chi connectivity index (χ3v) is 5.71. The average Bonchev–Trinajstić information content (AvgIpc) is 3.30. The molecule has 0 fully saturated rings. The van der Waals surface area contributed by atoms with Crippen molar-refractivity contribution in [1.29, 1.82) is 0 Å². The van der Waals surface area contributed by atoms with Crippen LogP contribution < -0.4 is 29.7 Å². The third-order valence-electron chi connectivity index (χ3n) is 5.47. The molecule has 3 aromatic rings. The van der Waals surface area contributed by atoms with Gasteiger partial charge in [0.05, 0.1) is 7.11 Å². The number of aromatic nitrogens is 2. The van der Waals surface area contributed by atoms with Crippen LogP contribution in [0.1, 0.15) is 16.7 Å². The van der Waals surface area contributed by atoms with Gasteiger partial charge in [-0.15, -0.1) is 0 Å². The fourth-order valence-electron chi connectivity index (χ4n) is 3.81. The van der Waals surface area contributed by atoms with Crippen LogP contribution in [0, 0.1) is 0 Å². The summed E-state index contributed by atoms with van der Waals surface area (Å²) in [6.45, 7) is 2.46. The second-order valence-corrected chi connectivity index (χ2v) is 7.94. The van der Waals surface area contributed by atoms with Crippen LogP contribution >= 0.6 is 12.2 Å². The number of thiocarbonyl (C=S) groups is 1. The Bertz CT molecular complexity index is 1160. The predicted molar refractivity (Wildman–Crippen MR) is 125 cm³/mol. The maximum atomic E-state index is 5.45. The van der Waals surface area contributed by atoms with E-state index in [0.717, 1.165) is 42.4 Å². The Morgan fingerprint density at radius 2 is 1.94 bits per heavy atom. The van der Waals surface area contributed by atoms with E-state index < -0.39 is 0 Å². The highest BCUT2D eigenvalue weighted by Gasteiger charge is 2.19. The zero-order valence-electron chi connectivity index (χ0n) is 17.6. The topological polar surface area (TPSA) is 80.8 Å². The fourth-order valence-corrected chi connectivity index (χ4v) is 3.97. The Balaban J connectivity index is 1.26. The number of hydrogen-bond donors (Lipinski definition) is 2. The molecule has 5 rings (SSSR count). The summed E-state index contributed by atoms with van der Waals surface area (Å²) in [7, 11) is 1.59. The Labute approximate surface area is 191 Å². The van der Waals surface area contributed by atoms with E-state index in [1.807, 2.05) is 24.3 Å². The Kier molecular flexibility index (Phi) is 5.64. The van der Waals surface area contributed by atoms with E-state index >= 15 is 0 Å². The molecule has 0 amide bonds. The molecule has 9 heteroatoms. The first-order valence-electron chi connectivity index (χ1n) is 10.4. The normalized spacial score (nSPS) is 14.0. The lowest BCUT2D eigenvalue weighted by Crippen LogP contribution is -2.32. The summed E-state index contributed by atoms with van der Waals surface area (Å²) < 4.78 is 16.2. The summed E-state index contributed by atoms with van der Waals surface area (Å²) in [5.41, 5.74) is 3.72. The van der Waals surface area contributed by atoms with Crippen LogP contribution in [0.25, 0.3) is 0 Å². The number of nitrogens with zero attached hydrogens (tertiary/aromatic N) is 3. The Morgan fingerprint density at radius 3 is 2.81 bits per heavy atom. The quantitative estimate of drug-likeness (QED) is 0.571. The van der Waals surface area contributed by atoms with Crippen molar-refractivity contribution in [2.45, 2.75) is 19.5 Å². The van der Waals surface area contributed by atoms with Gasteiger partial charge in [-0.2, -0.15) is 9.97 Å². The number of hydrogen-bond acceptors (Lipinski definition) is 7. The molecule has 3 heterocycles. The SMILES string of the molecule is COc1cc(N2CCc3ccccc3C2)nc(NC(=S)NCc2ccc3c(c2)OCO3)n1. The molecule has 2 aromatic carbocycles. The highest BCUT2D eigenvalue weighted by atomic mass is 32.1. The van der Waals surface area contributed by atoms with Gasteiger partial charge in [0.1, 0.15) is 5.82 Å². The van der Waals surface area contributed by atoms with E-state index in [0.29, 0.717) is 23.5 Å². The van der Waals surface area contributed by atoms with Crippen molar-refractivity contribution in [2.24, 2.45) is 0 Å². The minimum atomic E-state index is 0.254. The van der Waals surface area contributed by atoms with Crippen molar-refractivity contribution < 1.29 is 14.2 Å². The van der Waals surface area contributed by atoms with E-state index in [1.54, 1.807) is 7.11 Å². The zero-order valence-corrected chi connectivity index (χ0v) is 18.4. The molecule has 0 saturated carbocycles. The minimum absolute atomic E-state index is 0.254. The van der Waals surface area contributed by atoms with Gasteiger partial charge in [-0.05, 0) is 47.5 Å². The molecule has 164 valence electrons. The van der Waals surface area contributed by atoms with Gasteiger partial charge >= 0.3 is 0 Å². The molecule has 0 saturated heterocycles. The molecule has 2 N–H and O–H groups in total. The molecule has 0 aliphatic carbocycles. The molecule has 0 unspecified atom stereocenters. The van der Waals surface area contributed by atoms with Gasteiger partial charge in [-0.25, -0.2) is 0 Å².